The fraction of sp³-hybridized carbons (Fsp3) is 0.333. The Morgan fingerprint density at radius 1 is 1.00 bits per heavy atom. The molecular formula is C33H36BrF3N2O2. The molecule has 8 heteroatoms. The number of hydrogen-bond donors (Lipinski definition) is 1. The lowest BCUT2D eigenvalue weighted by atomic mass is 9.85. The number of anilines is 2. The fourth-order valence-electron chi connectivity index (χ4n) is 4.99. The molecule has 0 aliphatic heterocycles. The van der Waals surface area contributed by atoms with Crippen LogP contribution in [-0.2, 0) is 12.1 Å². The second kappa shape index (κ2) is 14.5. The predicted octanol–water partition coefficient (Wildman–Crippen LogP) is 9.53. The summed E-state index contributed by atoms with van der Waals surface area (Å²) in [7, 11) is 0. The molecule has 0 unspecified atom stereocenters. The Hall–Kier alpha value is -3.39. The van der Waals surface area contributed by atoms with Crippen LogP contribution in [0.4, 0.5) is 24.5 Å². The molecule has 3 aromatic rings. The highest BCUT2D eigenvalue weighted by Crippen LogP contribution is 2.41. The Kier molecular flexibility index (Phi) is 11.4. The minimum absolute atomic E-state index is 0.0354. The Morgan fingerprint density at radius 3 is 2.24 bits per heavy atom. The lowest BCUT2D eigenvalue weighted by Gasteiger charge is -2.27. The number of benzene rings is 3. The lowest BCUT2D eigenvalue weighted by Crippen LogP contribution is -2.32. The normalized spacial score (nSPS) is 11.3. The Bertz CT molecular complexity index is 1390. The molecule has 0 saturated carbocycles. The van der Waals surface area contributed by atoms with Gasteiger partial charge >= 0.3 is 0 Å². The zero-order valence-electron chi connectivity index (χ0n) is 23.7. The molecule has 0 fully saturated rings. The van der Waals surface area contributed by atoms with Crippen molar-refractivity contribution in [2.24, 2.45) is 0 Å². The van der Waals surface area contributed by atoms with Crippen LogP contribution < -0.4 is 10.2 Å². The number of carbonyl (C=O) groups is 2. The first-order chi connectivity index (χ1) is 19.6. The molecule has 0 atom stereocenters. The standard InChI is InChI=1S/C33H36BrF3N2O2/c1-5-10-23-20-24(33(37,17-6-2)18-7-3)21-27(34)30(23)38-31(40)26-11-9-12-28(29(26)36)39(19-8-4)32(41)22-13-15-25(35)16-14-22/h8-9,11-16,20-21H,4-7,10,17-19H2,1-3H3,(H,38,40). The summed E-state index contributed by atoms with van der Waals surface area (Å²) in [4.78, 5) is 27.8. The maximum absolute atomic E-state index is 16.0. The number of halogens is 4. The molecule has 0 radical (unpaired) electrons. The Labute approximate surface area is 248 Å². The van der Waals surface area contributed by atoms with E-state index in [-0.39, 0.29) is 23.4 Å². The van der Waals surface area contributed by atoms with Gasteiger partial charge in [-0.3, -0.25) is 9.59 Å². The second-order valence-corrected chi connectivity index (χ2v) is 10.9. The number of rotatable bonds is 13. The average Bonchev–Trinajstić information content (AvgIpc) is 2.94. The number of aryl methyl sites for hydroxylation is 1. The molecule has 2 amide bonds. The van der Waals surface area contributed by atoms with Gasteiger partial charge in [-0.1, -0.05) is 58.2 Å². The highest BCUT2D eigenvalue weighted by Gasteiger charge is 2.32. The summed E-state index contributed by atoms with van der Waals surface area (Å²) in [5, 5.41) is 2.82. The third kappa shape index (κ3) is 7.47. The number of nitrogens with zero attached hydrogens (tertiary/aromatic N) is 1. The van der Waals surface area contributed by atoms with E-state index in [0.717, 1.165) is 29.0 Å². The van der Waals surface area contributed by atoms with Crippen LogP contribution in [0.3, 0.4) is 0 Å². The summed E-state index contributed by atoms with van der Waals surface area (Å²) in [5.41, 5.74) is 0.0493. The highest BCUT2D eigenvalue weighted by molar-refractivity contribution is 9.10. The number of alkyl halides is 1. The quantitative estimate of drug-likeness (QED) is 0.192. The minimum atomic E-state index is -1.48. The smallest absolute Gasteiger partial charge is 0.258 e. The van der Waals surface area contributed by atoms with Crippen molar-refractivity contribution in [3.8, 4) is 0 Å². The minimum Gasteiger partial charge on any atom is -0.321 e. The van der Waals surface area contributed by atoms with Gasteiger partial charge in [-0.05, 0) is 88.8 Å². The topological polar surface area (TPSA) is 49.4 Å². The monoisotopic (exact) mass is 628 g/mol. The summed E-state index contributed by atoms with van der Waals surface area (Å²) in [6, 6.07) is 12.6. The Morgan fingerprint density at radius 2 is 1.66 bits per heavy atom. The van der Waals surface area contributed by atoms with Crippen LogP contribution in [0.25, 0.3) is 0 Å². The fourth-order valence-corrected chi connectivity index (χ4v) is 5.59. The number of hydrogen-bond acceptors (Lipinski definition) is 2. The number of amides is 2. The Balaban J connectivity index is 2.00. The van der Waals surface area contributed by atoms with E-state index in [9.17, 15) is 14.0 Å². The van der Waals surface area contributed by atoms with E-state index < -0.39 is 29.1 Å². The highest BCUT2D eigenvalue weighted by atomic mass is 79.9. The molecule has 3 aromatic carbocycles. The van der Waals surface area contributed by atoms with Gasteiger partial charge < -0.3 is 10.2 Å². The lowest BCUT2D eigenvalue weighted by molar-refractivity contribution is 0.0984. The molecule has 218 valence electrons. The van der Waals surface area contributed by atoms with E-state index in [1.807, 2.05) is 20.8 Å². The first-order valence-electron chi connectivity index (χ1n) is 13.9. The van der Waals surface area contributed by atoms with Crippen molar-refractivity contribution in [2.45, 2.75) is 65.0 Å². The second-order valence-electron chi connectivity index (χ2n) is 10.0. The predicted molar refractivity (Wildman–Crippen MR) is 163 cm³/mol. The van der Waals surface area contributed by atoms with Crippen molar-refractivity contribution < 1.29 is 22.8 Å². The van der Waals surface area contributed by atoms with Crippen LogP contribution >= 0.6 is 15.9 Å². The third-order valence-electron chi connectivity index (χ3n) is 6.90. The molecule has 0 heterocycles. The first-order valence-corrected chi connectivity index (χ1v) is 14.7. The van der Waals surface area contributed by atoms with E-state index in [1.165, 1.54) is 36.4 Å². The number of nitrogens with one attached hydrogen (secondary N) is 1. The van der Waals surface area contributed by atoms with Crippen LogP contribution in [0.2, 0.25) is 0 Å². The summed E-state index contributed by atoms with van der Waals surface area (Å²) in [6.45, 7) is 9.51. The molecule has 0 aliphatic carbocycles. The SMILES string of the molecule is C=CCN(C(=O)c1ccc(F)cc1)c1cccc(C(=O)Nc2c(Br)cc(C(F)(CCC)CCC)cc2CCC)c1F. The molecular weight excluding hydrogens is 593 g/mol. The van der Waals surface area contributed by atoms with Gasteiger partial charge in [-0.15, -0.1) is 6.58 Å². The van der Waals surface area contributed by atoms with Gasteiger partial charge in [0, 0.05) is 16.6 Å². The first kappa shape index (κ1) is 32.1. The van der Waals surface area contributed by atoms with Crippen molar-refractivity contribution in [1.82, 2.24) is 0 Å². The van der Waals surface area contributed by atoms with Gasteiger partial charge in [0.05, 0.1) is 16.9 Å². The van der Waals surface area contributed by atoms with Crippen LogP contribution in [-0.4, -0.2) is 18.4 Å². The molecule has 3 rings (SSSR count). The van der Waals surface area contributed by atoms with E-state index in [1.54, 1.807) is 12.1 Å². The van der Waals surface area contributed by atoms with E-state index in [2.05, 4.69) is 27.8 Å². The molecule has 0 spiro atoms. The zero-order chi connectivity index (χ0) is 30.2. The molecule has 4 nitrogen and oxygen atoms in total. The van der Waals surface area contributed by atoms with E-state index in [0.29, 0.717) is 47.8 Å². The van der Waals surface area contributed by atoms with Crippen molar-refractivity contribution in [2.75, 3.05) is 16.8 Å². The maximum Gasteiger partial charge on any atom is 0.258 e. The van der Waals surface area contributed by atoms with E-state index >= 15 is 8.78 Å². The van der Waals surface area contributed by atoms with Crippen molar-refractivity contribution in [3.05, 3.63) is 106 Å². The van der Waals surface area contributed by atoms with Crippen LogP contribution in [0.15, 0.2) is 71.7 Å². The van der Waals surface area contributed by atoms with Gasteiger partial charge in [0.1, 0.15) is 11.5 Å². The van der Waals surface area contributed by atoms with Gasteiger partial charge in [0.2, 0.25) is 0 Å². The summed E-state index contributed by atoms with van der Waals surface area (Å²) < 4.78 is 45.8. The maximum atomic E-state index is 16.0. The summed E-state index contributed by atoms with van der Waals surface area (Å²) in [6.07, 6.45) is 4.94. The van der Waals surface area contributed by atoms with Gasteiger partial charge in [-0.2, -0.15) is 0 Å². The molecule has 0 aromatic heterocycles. The summed E-state index contributed by atoms with van der Waals surface area (Å²) >= 11 is 3.52. The largest absolute Gasteiger partial charge is 0.321 e. The van der Waals surface area contributed by atoms with Gasteiger partial charge in [0.15, 0.2) is 5.82 Å². The average molecular weight is 630 g/mol. The van der Waals surface area contributed by atoms with Crippen molar-refractivity contribution >= 4 is 39.1 Å². The van der Waals surface area contributed by atoms with Crippen LogP contribution in [0, 0.1) is 11.6 Å². The van der Waals surface area contributed by atoms with Gasteiger partial charge in [0.25, 0.3) is 11.8 Å². The van der Waals surface area contributed by atoms with Crippen molar-refractivity contribution in [1.29, 1.82) is 0 Å². The molecule has 1 N–H and O–H groups in total. The summed E-state index contributed by atoms with van der Waals surface area (Å²) in [5.74, 6) is -2.67. The molecule has 41 heavy (non-hydrogen) atoms. The third-order valence-corrected chi connectivity index (χ3v) is 7.53. The molecule has 0 aliphatic rings. The number of carbonyl (C=O) groups excluding carboxylic acids is 2. The van der Waals surface area contributed by atoms with E-state index in [4.69, 9.17) is 0 Å². The van der Waals surface area contributed by atoms with Gasteiger partial charge in [-0.25, -0.2) is 13.2 Å². The zero-order valence-corrected chi connectivity index (χ0v) is 25.3. The van der Waals surface area contributed by atoms with Crippen LogP contribution in [0.1, 0.15) is 84.7 Å². The molecule has 0 saturated heterocycles. The molecule has 0 bridgehead atoms. The van der Waals surface area contributed by atoms with Crippen molar-refractivity contribution in [3.63, 3.8) is 0 Å². The van der Waals surface area contributed by atoms with Crippen LogP contribution in [0.5, 0.6) is 0 Å².